The fourth-order valence-electron chi connectivity index (χ4n) is 3.71. The van der Waals surface area contributed by atoms with Gasteiger partial charge in [0.2, 0.25) is 5.88 Å². The molecule has 0 aliphatic carbocycles. The summed E-state index contributed by atoms with van der Waals surface area (Å²) >= 11 is 0. The third-order valence-electron chi connectivity index (χ3n) is 5.81. The Morgan fingerprint density at radius 2 is 1.68 bits per heavy atom. The fourth-order valence-corrected chi connectivity index (χ4v) is 3.71. The van der Waals surface area contributed by atoms with Gasteiger partial charge in [-0.2, -0.15) is 4.39 Å². The number of amides is 1. The molecule has 0 fully saturated rings. The van der Waals surface area contributed by atoms with Gasteiger partial charge in [0.05, 0.1) is 5.92 Å². The smallest absolute Gasteiger partial charge is 0.414 e. The van der Waals surface area contributed by atoms with Gasteiger partial charge in [-0.3, -0.25) is 10.1 Å². The van der Waals surface area contributed by atoms with E-state index >= 15 is 0 Å². The summed E-state index contributed by atoms with van der Waals surface area (Å²) in [4.78, 5) is 23.8. The molecule has 1 aromatic heterocycles. The van der Waals surface area contributed by atoms with Gasteiger partial charge in [0.25, 0.3) is 5.95 Å². The highest BCUT2D eigenvalue weighted by Gasteiger charge is 2.22. The maximum atomic E-state index is 14.5. The summed E-state index contributed by atoms with van der Waals surface area (Å²) in [6.45, 7) is 3.49. The summed E-state index contributed by atoms with van der Waals surface area (Å²) in [5.74, 6) is -2.25. The topological polar surface area (TPSA) is 111 Å². The number of nitrogens with one attached hydrogen (secondary N) is 1. The normalized spacial score (nSPS) is 12.4. The van der Waals surface area contributed by atoms with E-state index in [1.54, 1.807) is 62.4 Å². The molecular formula is C28H25FN2O6. The average Bonchev–Trinajstić information content (AvgIpc) is 3.27. The number of halogens is 1. The Bertz CT molecular complexity index is 1370. The van der Waals surface area contributed by atoms with Crippen molar-refractivity contribution in [3.63, 3.8) is 0 Å². The van der Waals surface area contributed by atoms with E-state index in [0.717, 1.165) is 11.1 Å². The fraction of sp³-hybridized carbons (Fsp3) is 0.179. The number of anilines is 1. The zero-order valence-corrected chi connectivity index (χ0v) is 20.2. The molecule has 0 saturated carbocycles. The molecular weight excluding hydrogens is 479 g/mol. The second-order valence-corrected chi connectivity index (χ2v) is 8.34. The van der Waals surface area contributed by atoms with Crippen LogP contribution in [0.3, 0.4) is 0 Å². The molecule has 1 heterocycles. The number of aliphatic carboxylic acids is 1. The summed E-state index contributed by atoms with van der Waals surface area (Å²) in [7, 11) is 0. The van der Waals surface area contributed by atoms with Crippen LogP contribution in [-0.2, 0) is 16.1 Å². The van der Waals surface area contributed by atoms with Gasteiger partial charge in [-0.15, -0.1) is 0 Å². The van der Waals surface area contributed by atoms with E-state index in [-0.39, 0.29) is 18.1 Å². The van der Waals surface area contributed by atoms with Crippen LogP contribution in [0.25, 0.3) is 11.1 Å². The maximum Gasteiger partial charge on any atom is 0.414 e. The maximum absolute atomic E-state index is 14.5. The number of rotatable bonds is 9. The first kappa shape index (κ1) is 25.4. The summed E-state index contributed by atoms with van der Waals surface area (Å²) in [5, 5.41) is 15.1. The van der Waals surface area contributed by atoms with Crippen LogP contribution in [0.4, 0.5) is 15.1 Å². The molecule has 2 N–H and O–H groups in total. The minimum atomic E-state index is -0.945. The molecule has 8 nitrogen and oxygen atoms in total. The Balaban J connectivity index is 1.43. The Morgan fingerprint density at radius 3 is 2.38 bits per heavy atom. The lowest BCUT2D eigenvalue weighted by Gasteiger charge is -2.14. The summed E-state index contributed by atoms with van der Waals surface area (Å²) in [6, 6.07) is 22.9. The van der Waals surface area contributed by atoms with Crippen LogP contribution >= 0.6 is 0 Å². The van der Waals surface area contributed by atoms with E-state index < -0.39 is 30.0 Å². The zero-order chi connectivity index (χ0) is 26.4. The van der Waals surface area contributed by atoms with Crippen LogP contribution < -0.4 is 10.1 Å². The largest absolute Gasteiger partial charge is 0.489 e. The van der Waals surface area contributed by atoms with Gasteiger partial charge >= 0.3 is 12.1 Å². The molecule has 1 amide bonds. The van der Waals surface area contributed by atoms with E-state index in [2.05, 4.69) is 10.5 Å². The number of carboxylic acids is 1. The lowest BCUT2D eigenvalue weighted by molar-refractivity contribution is -0.138. The number of hydrogen-bond acceptors (Lipinski definition) is 6. The minimum Gasteiger partial charge on any atom is -0.489 e. The first-order valence-corrected chi connectivity index (χ1v) is 11.5. The lowest BCUT2D eigenvalue weighted by atomic mass is 10.0. The lowest BCUT2D eigenvalue weighted by Crippen LogP contribution is -2.16. The summed E-state index contributed by atoms with van der Waals surface area (Å²) < 4.78 is 30.7. The van der Waals surface area contributed by atoms with Gasteiger partial charge in [0, 0.05) is 5.56 Å². The van der Waals surface area contributed by atoms with Crippen LogP contribution in [0.2, 0.25) is 0 Å². The molecule has 0 saturated heterocycles. The number of aromatic nitrogens is 1. The van der Waals surface area contributed by atoms with Crippen LogP contribution in [0, 0.1) is 5.95 Å². The van der Waals surface area contributed by atoms with Crippen molar-refractivity contribution in [2.24, 2.45) is 0 Å². The number of para-hydroxylation sites is 1. The number of nitrogens with zero attached hydrogens (tertiary/aromatic N) is 1. The third kappa shape index (κ3) is 6.13. The van der Waals surface area contributed by atoms with Gasteiger partial charge in [-0.05, 0) is 41.8 Å². The number of carboxylic acid groups (broad SMARTS) is 1. The van der Waals surface area contributed by atoms with Crippen LogP contribution in [0.5, 0.6) is 5.75 Å². The molecule has 190 valence electrons. The summed E-state index contributed by atoms with van der Waals surface area (Å²) in [5.41, 5.74) is 2.55. The van der Waals surface area contributed by atoms with E-state index in [9.17, 15) is 19.1 Å². The zero-order valence-electron chi connectivity index (χ0n) is 20.2. The molecule has 0 bridgehead atoms. The van der Waals surface area contributed by atoms with Crippen molar-refractivity contribution in [3.05, 3.63) is 102 Å². The number of hydrogen-bond donors (Lipinski definition) is 2. The minimum absolute atomic E-state index is 0.0163. The van der Waals surface area contributed by atoms with Crippen molar-refractivity contribution in [1.29, 1.82) is 0 Å². The second-order valence-electron chi connectivity index (χ2n) is 8.34. The molecule has 2 atom stereocenters. The Labute approximate surface area is 212 Å². The van der Waals surface area contributed by atoms with Gasteiger partial charge in [0.15, 0.2) is 0 Å². The molecule has 4 rings (SSSR count). The Kier molecular flexibility index (Phi) is 7.83. The Morgan fingerprint density at radius 1 is 1.00 bits per heavy atom. The van der Waals surface area contributed by atoms with Crippen LogP contribution in [0.15, 0.2) is 83.4 Å². The average molecular weight is 505 g/mol. The number of ether oxygens (including phenoxy) is 2. The molecule has 0 aliphatic rings. The van der Waals surface area contributed by atoms with Gasteiger partial charge in [0.1, 0.15) is 24.0 Å². The first-order chi connectivity index (χ1) is 17.8. The molecule has 3 aromatic carbocycles. The quantitative estimate of drug-likeness (QED) is 0.266. The number of benzene rings is 3. The molecule has 0 aliphatic heterocycles. The van der Waals surface area contributed by atoms with E-state index in [1.165, 1.54) is 0 Å². The highest BCUT2D eigenvalue weighted by atomic mass is 19.1. The predicted molar refractivity (Wildman–Crippen MR) is 134 cm³/mol. The van der Waals surface area contributed by atoms with E-state index in [4.69, 9.17) is 14.0 Å². The van der Waals surface area contributed by atoms with Crippen molar-refractivity contribution in [2.45, 2.75) is 32.5 Å². The standard InChI is InChI=1S/C28H25FN2O6/c1-17(27(32)33)22-10-6-7-11-23(22)35-16-19-12-14-21(15-13-19)24-25(29)31-37-26(24)30-28(34)36-18(2)20-8-4-3-5-9-20/h3-15,17-18H,16H2,1-2H3,(H,30,34)(H,32,33). The monoisotopic (exact) mass is 504 g/mol. The molecule has 37 heavy (non-hydrogen) atoms. The predicted octanol–water partition coefficient (Wildman–Crippen LogP) is 6.56. The van der Waals surface area contributed by atoms with Crippen molar-refractivity contribution < 1.29 is 33.1 Å². The Hall–Kier alpha value is -4.66. The van der Waals surface area contributed by atoms with Gasteiger partial charge in [-0.25, -0.2) is 4.79 Å². The second kappa shape index (κ2) is 11.4. The van der Waals surface area contributed by atoms with Crippen molar-refractivity contribution in [3.8, 4) is 16.9 Å². The van der Waals surface area contributed by atoms with Crippen LogP contribution in [-0.4, -0.2) is 22.3 Å². The SMILES string of the molecule is CC(OC(=O)Nc1onc(F)c1-c1ccc(COc2ccccc2C(C)C(=O)O)cc1)c1ccccc1. The van der Waals surface area contributed by atoms with Crippen molar-refractivity contribution in [2.75, 3.05) is 5.32 Å². The van der Waals surface area contributed by atoms with E-state index in [1.807, 2.05) is 30.3 Å². The van der Waals surface area contributed by atoms with Gasteiger partial charge in [-0.1, -0.05) is 72.8 Å². The van der Waals surface area contributed by atoms with Gasteiger partial charge < -0.3 is 19.1 Å². The summed E-state index contributed by atoms with van der Waals surface area (Å²) in [6.07, 6.45) is -1.34. The number of carbonyl (C=O) groups is 2. The highest BCUT2D eigenvalue weighted by Crippen LogP contribution is 2.32. The molecule has 0 spiro atoms. The van der Waals surface area contributed by atoms with Crippen molar-refractivity contribution >= 4 is 17.9 Å². The highest BCUT2D eigenvalue weighted by molar-refractivity contribution is 5.89. The van der Waals surface area contributed by atoms with Crippen molar-refractivity contribution in [1.82, 2.24) is 5.16 Å². The molecule has 0 radical (unpaired) electrons. The van der Waals surface area contributed by atoms with Crippen LogP contribution in [0.1, 0.15) is 42.6 Å². The van der Waals surface area contributed by atoms with E-state index in [0.29, 0.717) is 16.9 Å². The number of carbonyl (C=O) groups excluding carboxylic acids is 1. The molecule has 4 aromatic rings. The first-order valence-electron chi connectivity index (χ1n) is 11.5. The molecule has 2 unspecified atom stereocenters. The molecule has 9 heteroatoms. The third-order valence-corrected chi connectivity index (χ3v) is 5.81.